The molecule has 30 heavy (non-hydrogen) atoms. The molecular formula is C24H18BrNO4. The number of amides is 1. The first kappa shape index (κ1) is 19.9. The van der Waals surface area contributed by atoms with Crippen LogP contribution in [0.4, 0.5) is 5.69 Å². The minimum atomic E-state index is -0.253. The Morgan fingerprint density at radius 2 is 1.87 bits per heavy atom. The van der Waals surface area contributed by atoms with E-state index in [0.29, 0.717) is 50.3 Å². The molecule has 0 aliphatic carbocycles. The van der Waals surface area contributed by atoms with Crippen LogP contribution in [0.25, 0.3) is 11.6 Å². The number of benzene rings is 3. The zero-order valence-electron chi connectivity index (χ0n) is 16.1. The molecule has 1 amide bonds. The van der Waals surface area contributed by atoms with Crippen molar-refractivity contribution in [3.8, 4) is 11.5 Å². The van der Waals surface area contributed by atoms with E-state index in [2.05, 4.69) is 21.2 Å². The number of halogens is 1. The summed E-state index contributed by atoms with van der Waals surface area (Å²) in [4.78, 5) is 25.4. The molecule has 1 aliphatic rings. The van der Waals surface area contributed by atoms with Gasteiger partial charge in [-0.05, 0) is 64.8 Å². The summed E-state index contributed by atoms with van der Waals surface area (Å²) in [5.41, 5.74) is 3.52. The maximum absolute atomic E-state index is 12.8. The summed E-state index contributed by atoms with van der Waals surface area (Å²) in [6, 6.07) is 17.6. The molecule has 150 valence electrons. The smallest absolute Gasteiger partial charge is 0.256 e. The average molecular weight is 464 g/mol. The minimum Gasteiger partial charge on any atom is -0.503 e. The third-order valence-corrected chi connectivity index (χ3v) is 5.37. The van der Waals surface area contributed by atoms with E-state index in [4.69, 9.17) is 4.74 Å². The van der Waals surface area contributed by atoms with Gasteiger partial charge in [-0.2, -0.15) is 0 Å². The van der Waals surface area contributed by atoms with Crippen LogP contribution in [0.15, 0.2) is 65.1 Å². The van der Waals surface area contributed by atoms with E-state index in [1.165, 1.54) is 0 Å². The molecule has 5 nitrogen and oxygen atoms in total. The van der Waals surface area contributed by atoms with Gasteiger partial charge in [0.05, 0.1) is 11.1 Å². The van der Waals surface area contributed by atoms with Crippen molar-refractivity contribution in [3.05, 3.63) is 87.4 Å². The van der Waals surface area contributed by atoms with Crippen LogP contribution < -0.4 is 10.1 Å². The predicted molar refractivity (Wildman–Crippen MR) is 120 cm³/mol. The number of phenols is 1. The molecule has 0 saturated carbocycles. The summed E-state index contributed by atoms with van der Waals surface area (Å²) in [7, 11) is 0. The van der Waals surface area contributed by atoms with Gasteiger partial charge in [-0.1, -0.05) is 30.3 Å². The molecule has 1 aliphatic heterocycles. The first-order valence-electron chi connectivity index (χ1n) is 9.40. The first-order chi connectivity index (χ1) is 14.5. The Balaban J connectivity index is 1.76. The lowest BCUT2D eigenvalue weighted by Gasteiger charge is -2.09. The maximum atomic E-state index is 12.8. The van der Waals surface area contributed by atoms with Gasteiger partial charge in [-0.3, -0.25) is 9.59 Å². The SMILES string of the molecule is CCOc1cc(C=C2C(=O)Nc3ccc(C(=O)c4ccccc4)cc32)cc(Br)c1O. The number of phenolic OH excluding ortho intramolecular Hbond substituents is 1. The van der Waals surface area contributed by atoms with Gasteiger partial charge in [-0.15, -0.1) is 0 Å². The highest BCUT2D eigenvalue weighted by Gasteiger charge is 2.26. The molecule has 1 heterocycles. The summed E-state index contributed by atoms with van der Waals surface area (Å²) in [5.74, 6) is -0.0315. The van der Waals surface area contributed by atoms with E-state index in [9.17, 15) is 14.7 Å². The Hall–Kier alpha value is -3.38. The molecule has 4 rings (SSSR count). The third-order valence-electron chi connectivity index (χ3n) is 4.76. The molecule has 2 N–H and O–H groups in total. The molecule has 3 aromatic carbocycles. The van der Waals surface area contributed by atoms with Crippen LogP contribution in [-0.2, 0) is 4.79 Å². The van der Waals surface area contributed by atoms with E-state index in [1.54, 1.807) is 48.5 Å². The van der Waals surface area contributed by atoms with E-state index >= 15 is 0 Å². The Morgan fingerprint density at radius 3 is 2.60 bits per heavy atom. The summed E-state index contributed by atoms with van der Waals surface area (Å²) >= 11 is 3.32. The van der Waals surface area contributed by atoms with Crippen LogP contribution in [-0.4, -0.2) is 23.4 Å². The molecule has 3 aromatic rings. The predicted octanol–water partition coefficient (Wildman–Crippen LogP) is 5.28. The number of fused-ring (bicyclic) bond motifs is 1. The Morgan fingerprint density at radius 1 is 1.10 bits per heavy atom. The fraction of sp³-hybridized carbons (Fsp3) is 0.0833. The van der Waals surface area contributed by atoms with Gasteiger partial charge < -0.3 is 15.2 Å². The van der Waals surface area contributed by atoms with Crippen molar-refractivity contribution in [2.45, 2.75) is 6.92 Å². The number of carbonyl (C=O) groups excluding carboxylic acids is 2. The van der Waals surface area contributed by atoms with Crippen LogP contribution in [0, 0.1) is 0 Å². The minimum absolute atomic E-state index is 0.00557. The van der Waals surface area contributed by atoms with Crippen molar-refractivity contribution < 1.29 is 19.4 Å². The lowest BCUT2D eigenvalue weighted by molar-refractivity contribution is -0.110. The largest absolute Gasteiger partial charge is 0.503 e. The second kappa shape index (κ2) is 8.16. The van der Waals surface area contributed by atoms with Crippen LogP contribution >= 0.6 is 15.9 Å². The average Bonchev–Trinajstić information content (AvgIpc) is 3.06. The van der Waals surface area contributed by atoms with Crippen molar-refractivity contribution in [1.29, 1.82) is 0 Å². The summed E-state index contributed by atoms with van der Waals surface area (Å²) in [6.45, 7) is 2.22. The molecule has 0 saturated heterocycles. The van der Waals surface area contributed by atoms with Gasteiger partial charge in [0.15, 0.2) is 17.3 Å². The molecule has 0 unspecified atom stereocenters. The summed E-state index contributed by atoms with van der Waals surface area (Å²) in [6.07, 6.45) is 1.71. The van der Waals surface area contributed by atoms with E-state index < -0.39 is 0 Å². The molecule has 0 fully saturated rings. The summed E-state index contributed by atoms with van der Waals surface area (Å²) in [5, 5.41) is 12.9. The summed E-state index contributed by atoms with van der Waals surface area (Å²) < 4.78 is 5.93. The highest BCUT2D eigenvalue weighted by atomic mass is 79.9. The van der Waals surface area contributed by atoms with Crippen molar-refractivity contribution >= 4 is 45.0 Å². The number of ether oxygens (including phenoxy) is 1. The maximum Gasteiger partial charge on any atom is 0.256 e. The Labute approximate surface area is 182 Å². The van der Waals surface area contributed by atoms with E-state index in [0.717, 1.165) is 0 Å². The van der Waals surface area contributed by atoms with Gasteiger partial charge in [0.1, 0.15) is 0 Å². The third kappa shape index (κ3) is 3.74. The molecule has 0 radical (unpaired) electrons. The standard InChI is InChI=1S/C24H18BrNO4/c1-2-30-21-12-14(11-19(25)23(21)28)10-18-17-13-16(8-9-20(17)26-24(18)29)22(27)15-6-4-3-5-7-15/h3-13,28H,2H2,1H3,(H,26,29). The normalized spacial score (nSPS) is 13.8. The van der Waals surface area contributed by atoms with E-state index in [1.807, 2.05) is 25.1 Å². The number of carbonyl (C=O) groups is 2. The zero-order valence-corrected chi connectivity index (χ0v) is 17.7. The topological polar surface area (TPSA) is 75.6 Å². The Kier molecular flexibility index (Phi) is 5.42. The molecule has 0 bridgehead atoms. The quantitative estimate of drug-likeness (QED) is 0.398. The van der Waals surface area contributed by atoms with Crippen LogP contribution in [0.1, 0.15) is 34.0 Å². The molecular weight excluding hydrogens is 446 g/mol. The monoisotopic (exact) mass is 463 g/mol. The second-order valence-corrected chi connectivity index (χ2v) is 7.60. The lowest BCUT2D eigenvalue weighted by Crippen LogP contribution is -2.03. The highest BCUT2D eigenvalue weighted by Crippen LogP contribution is 2.38. The fourth-order valence-electron chi connectivity index (χ4n) is 3.34. The number of ketones is 1. The molecule has 6 heteroatoms. The van der Waals surface area contributed by atoms with Crippen molar-refractivity contribution in [1.82, 2.24) is 0 Å². The lowest BCUT2D eigenvalue weighted by atomic mass is 9.97. The van der Waals surface area contributed by atoms with Crippen LogP contribution in [0.2, 0.25) is 0 Å². The highest BCUT2D eigenvalue weighted by molar-refractivity contribution is 9.10. The van der Waals surface area contributed by atoms with Gasteiger partial charge in [0.2, 0.25) is 0 Å². The van der Waals surface area contributed by atoms with Crippen LogP contribution in [0.5, 0.6) is 11.5 Å². The van der Waals surface area contributed by atoms with E-state index in [-0.39, 0.29) is 17.4 Å². The molecule has 0 atom stereocenters. The van der Waals surface area contributed by atoms with Gasteiger partial charge in [0, 0.05) is 28.0 Å². The number of hydrogen-bond acceptors (Lipinski definition) is 4. The van der Waals surface area contributed by atoms with Crippen LogP contribution in [0.3, 0.4) is 0 Å². The number of anilines is 1. The van der Waals surface area contributed by atoms with Gasteiger partial charge >= 0.3 is 0 Å². The Bertz CT molecular complexity index is 1190. The van der Waals surface area contributed by atoms with Crippen molar-refractivity contribution in [2.75, 3.05) is 11.9 Å². The number of nitrogens with one attached hydrogen (secondary N) is 1. The zero-order chi connectivity index (χ0) is 21.3. The first-order valence-corrected chi connectivity index (χ1v) is 10.2. The molecule has 0 spiro atoms. The van der Waals surface area contributed by atoms with Gasteiger partial charge in [0.25, 0.3) is 5.91 Å². The second-order valence-electron chi connectivity index (χ2n) is 6.75. The fourth-order valence-corrected chi connectivity index (χ4v) is 3.80. The number of hydrogen-bond donors (Lipinski definition) is 2. The molecule has 0 aromatic heterocycles. The van der Waals surface area contributed by atoms with Gasteiger partial charge in [-0.25, -0.2) is 0 Å². The van der Waals surface area contributed by atoms with Crippen molar-refractivity contribution in [2.24, 2.45) is 0 Å². The van der Waals surface area contributed by atoms with Crippen molar-refractivity contribution in [3.63, 3.8) is 0 Å². The number of rotatable bonds is 5. The number of aromatic hydroxyl groups is 1.